The molecule has 126 valence electrons. The molecule has 23 heavy (non-hydrogen) atoms. The van der Waals surface area contributed by atoms with E-state index < -0.39 is 36.2 Å². The van der Waals surface area contributed by atoms with Crippen LogP contribution in [0.25, 0.3) is 0 Å². The largest absolute Gasteiger partial charge is 0.495 e. The van der Waals surface area contributed by atoms with E-state index in [1.165, 1.54) is 0 Å². The van der Waals surface area contributed by atoms with E-state index in [4.69, 9.17) is 9.31 Å². The Kier molecular flexibility index (Phi) is 4.23. The number of carbonyl (C=O) groups excluding carboxylic acids is 1. The molecule has 0 saturated carbocycles. The average molecular weight is 331 g/mol. The highest BCUT2D eigenvalue weighted by molar-refractivity contribution is 6.63. The molecule has 0 bridgehead atoms. The van der Waals surface area contributed by atoms with Crippen LogP contribution >= 0.6 is 0 Å². The van der Waals surface area contributed by atoms with Gasteiger partial charge in [0.2, 0.25) is 0 Å². The van der Waals surface area contributed by atoms with Crippen LogP contribution in [-0.2, 0) is 20.2 Å². The molecule has 2 heterocycles. The Labute approximate surface area is 132 Å². The zero-order chi connectivity index (χ0) is 17.6. The monoisotopic (exact) mass is 331 g/mol. The predicted octanol–water partition coefficient (Wildman–Crippen LogP) is 2.19. The zero-order valence-electron chi connectivity index (χ0n) is 13.4. The number of rotatable bonds is 2. The van der Waals surface area contributed by atoms with Crippen molar-refractivity contribution in [3.63, 3.8) is 0 Å². The summed E-state index contributed by atoms with van der Waals surface area (Å²) in [5.41, 5.74) is -2.83. The third kappa shape index (κ3) is 3.21. The van der Waals surface area contributed by atoms with E-state index in [0.29, 0.717) is 0 Å². The number of methoxy groups -OCH3 is 1. The van der Waals surface area contributed by atoms with Gasteiger partial charge in [0.25, 0.3) is 0 Å². The van der Waals surface area contributed by atoms with Crippen LogP contribution in [0.15, 0.2) is 12.3 Å². The predicted molar refractivity (Wildman–Crippen MR) is 76.3 cm³/mol. The van der Waals surface area contributed by atoms with Crippen LogP contribution in [0.3, 0.4) is 0 Å². The fourth-order valence-electron chi connectivity index (χ4n) is 2.07. The van der Waals surface area contributed by atoms with Crippen molar-refractivity contribution in [3.8, 4) is 0 Å². The van der Waals surface area contributed by atoms with Crippen LogP contribution in [0, 0.1) is 0 Å². The Morgan fingerprint density at radius 1 is 1.22 bits per heavy atom. The van der Waals surface area contributed by atoms with Crippen molar-refractivity contribution < 1.29 is 32.0 Å². The molecule has 0 atom stereocenters. The normalized spacial score (nSPS) is 19.7. The van der Waals surface area contributed by atoms with E-state index in [0.717, 1.165) is 19.4 Å². The number of carbonyl (C=O) groups is 1. The maximum absolute atomic E-state index is 12.9. The van der Waals surface area contributed by atoms with Gasteiger partial charge in [0.1, 0.15) is 5.69 Å². The summed E-state index contributed by atoms with van der Waals surface area (Å²) in [5, 5.41) is 0. The summed E-state index contributed by atoms with van der Waals surface area (Å²) in [6, 6.07) is 0.758. The molecule has 5 nitrogen and oxygen atoms in total. The minimum Gasteiger partial charge on any atom is -0.465 e. The summed E-state index contributed by atoms with van der Waals surface area (Å²) >= 11 is 0. The van der Waals surface area contributed by atoms with E-state index in [1.54, 1.807) is 27.7 Å². The summed E-state index contributed by atoms with van der Waals surface area (Å²) < 4.78 is 54.8. The third-order valence-electron chi connectivity index (χ3n) is 4.14. The zero-order valence-corrected chi connectivity index (χ0v) is 13.4. The van der Waals surface area contributed by atoms with Crippen LogP contribution in [0.2, 0.25) is 0 Å². The van der Waals surface area contributed by atoms with E-state index >= 15 is 0 Å². The lowest BCUT2D eigenvalue weighted by Crippen LogP contribution is -2.41. The topological polar surface area (TPSA) is 57.7 Å². The molecule has 0 radical (unpaired) electrons. The van der Waals surface area contributed by atoms with Gasteiger partial charge < -0.3 is 14.0 Å². The van der Waals surface area contributed by atoms with Gasteiger partial charge in [0.05, 0.1) is 23.9 Å². The van der Waals surface area contributed by atoms with Crippen molar-refractivity contribution in [1.29, 1.82) is 0 Å². The van der Waals surface area contributed by atoms with Gasteiger partial charge in [-0.3, -0.25) is 4.98 Å². The second-order valence-electron chi connectivity index (χ2n) is 6.23. The van der Waals surface area contributed by atoms with E-state index in [2.05, 4.69) is 9.72 Å². The Morgan fingerprint density at radius 2 is 1.74 bits per heavy atom. The second kappa shape index (κ2) is 5.49. The Balaban J connectivity index is 2.53. The number of pyridine rings is 1. The summed E-state index contributed by atoms with van der Waals surface area (Å²) in [5.74, 6) is -0.809. The molecule has 0 aromatic carbocycles. The van der Waals surface area contributed by atoms with Crippen LogP contribution in [0.4, 0.5) is 13.2 Å². The Hall–Kier alpha value is -1.61. The Bertz CT molecular complexity index is 615. The highest BCUT2D eigenvalue weighted by atomic mass is 19.4. The number of aromatic nitrogens is 1. The molecule has 1 fully saturated rings. The van der Waals surface area contributed by atoms with Crippen molar-refractivity contribution >= 4 is 18.6 Å². The van der Waals surface area contributed by atoms with Gasteiger partial charge in [-0.15, -0.1) is 0 Å². The van der Waals surface area contributed by atoms with Crippen LogP contribution in [0.1, 0.15) is 43.7 Å². The number of hydrogen-bond acceptors (Lipinski definition) is 5. The molecule has 0 unspecified atom stereocenters. The van der Waals surface area contributed by atoms with E-state index in [1.807, 2.05) is 0 Å². The summed E-state index contributed by atoms with van der Waals surface area (Å²) in [6.45, 7) is 7.04. The minimum atomic E-state index is -4.65. The van der Waals surface area contributed by atoms with E-state index in [9.17, 15) is 18.0 Å². The van der Waals surface area contributed by atoms with Crippen molar-refractivity contribution in [2.75, 3.05) is 7.11 Å². The van der Waals surface area contributed by atoms with Crippen molar-refractivity contribution in [2.24, 2.45) is 0 Å². The smallest absolute Gasteiger partial charge is 0.465 e. The molecule has 0 N–H and O–H groups in total. The number of halogens is 3. The molecule has 0 amide bonds. The number of esters is 1. The molecule has 1 aliphatic heterocycles. The molecule has 0 spiro atoms. The minimum absolute atomic E-state index is 0.0576. The lowest BCUT2D eigenvalue weighted by molar-refractivity contribution is -0.141. The highest BCUT2D eigenvalue weighted by Gasteiger charge is 2.53. The first-order valence-electron chi connectivity index (χ1n) is 6.90. The lowest BCUT2D eigenvalue weighted by Gasteiger charge is -2.32. The number of alkyl halides is 3. The SMILES string of the molecule is COC(=O)c1cnc(C(F)(F)F)cc1B1OC(C)(C)C(C)(C)O1. The molecule has 1 aliphatic rings. The standard InChI is InChI=1S/C14H17BF3NO4/c1-12(2)13(3,4)23-15(22-12)9-6-10(14(16,17)18)19-7-8(9)11(20)21-5/h6-7H,1-5H3. The molecule has 1 aromatic heterocycles. The molecule has 0 aliphatic carbocycles. The first-order valence-corrected chi connectivity index (χ1v) is 6.90. The molecular formula is C14H17BF3NO4. The average Bonchev–Trinajstić information content (AvgIpc) is 2.65. The fraction of sp³-hybridized carbons (Fsp3) is 0.571. The first-order chi connectivity index (χ1) is 10.4. The number of ether oxygens (including phenoxy) is 1. The van der Waals surface area contributed by atoms with Crippen molar-refractivity contribution in [3.05, 3.63) is 23.5 Å². The van der Waals surface area contributed by atoms with Crippen molar-refractivity contribution in [1.82, 2.24) is 4.98 Å². The van der Waals surface area contributed by atoms with Gasteiger partial charge in [-0.2, -0.15) is 13.2 Å². The maximum Gasteiger partial charge on any atom is 0.495 e. The van der Waals surface area contributed by atoms with Crippen LogP contribution in [0.5, 0.6) is 0 Å². The summed E-state index contributed by atoms with van der Waals surface area (Å²) in [6.07, 6.45) is -3.82. The van der Waals surface area contributed by atoms with Gasteiger partial charge in [-0.05, 0) is 33.8 Å². The second-order valence-corrected chi connectivity index (χ2v) is 6.23. The van der Waals surface area contributed by atoms with Gasteiger partial charge in [-0.25, -0.2) is 4.79 Å². The summed E-state index contributed by atoms with van der Waals surface area (Å²) in [7, 11) is 0.00629. The molecular weight excluding hydrogens is 314 g/mol. The quantitative estimate of drug-likeness (QED) is 0.614. The van der Waals surface area contributed by atoms with Gasteiger partial charge in [0.15, 0.2) is 0 Å². The Morgan fingerprint density at radius 3 is 2.17 bits per heavy atom. The molecule has 1 aromatic rings. The molecule has 1 saturated heterocycles. The van der Waals surface area contributed by atoms with Crippen molar-refractivity contribution in [2.45, 2.75) is 45.1 Å². The lowest BCUT2D eigenvalue weighted by atomic mass is 9.76. The number of nitrogens with zero attached hydrogens (tertiary/aromatic N) is 1. The van der Waals surface area contributed by atoms with Gasteiger partial charge in [-0.1, -0.05) is 0 Å². The van der Waals surface area contributed by atoms with Crippen LogP contribution in [-0.4, -0.2) is 36.4 Å². The fourth-order valence-corrected chi connectivity index (χ4v) is 2.07. The molecule has 2 rings (SSSR count). The van der Waals surface area contributed by atoms with Gasteiger partial charge in [0, 0.05) is 11.7 Å². The number of hydrogen-bond donors (Lipinski definition) is 0. The van der Waals surface area contributed by atoms with Gasteiger partial charge >= 0.3 is 19.3 Å². The summed E-state index contributed by atoms with van der Waals surface area (Å²) in [4.78, 5) is 15.1. The molecule has 9 heteroatoms. The first kappa shape index (κ1) is 17.7. The maximum atomic E-state index is 12.9. The highest BCUT2D eigenvalue weighted by Crippen LogP contribution is 2.37. The van der Waals surface area contributed by atoms with E-state index in [-0.39, 0.29) is 11.0 Å². The third-order valence-corrected chi connectivity index (χ3v) is 4.14. The van der Waals surface area contributed by atoms with Crippen LogP contribution < -0.4 is 5.46 Å².